The van der Waals surface area contributed by atoms with E-state index in [2.05, 4.69) is 17.1 Å². The van der Waals surface area contributed by atoms with E-state index in [-0.39, 0.29) is 0 Å². The Morgan fingerprint density at radius 3 is 2.57 bits per heavy atom. The number of nitriles is 2. The van der Waals surface area contributed by atoms with Crippen molar-refractivity contribution in [3.05, 3.63) is 71.1 Å². The zero-order chi connectivity index (χ0) is 19.7. The average molecular weight is 369 g/mol. The first-order valence-electron chi connectivity index (χ1n) is 8.64. The Hall–Kier alpha value is -4.03. The molecule has 0 amide bonds. The van der Waals surface area contributed by atoms with Gasteiger partial charge in [-0.1, -0.05) is 6.07 Å². The summed E-state index contributed by atoms with van der Waals surface area (Å²) in [5, 5.41) is 19.8. The van der Waals surface area contributed by atoms with Crippen molar-refractivity contribution in [1.29, 1.82) is 10.5 Å². The van der Waals surface area contributed by atoms with E-state index in [1.807, 2.05) is 12.1 Å². The number of nitrogens with one attached hydrogen (secondary N) is 1. The maximum absolute atomic E-state index is 12.4. The molecule has 6 heteroatoms. The molecule has 0 aliphatic heterocycles. The molecule has 0 aliphatic rings. The Morgan fingerprint density at radius 2 is 1.82 bits per heavy atom. The Labute approximate surface area is 160 Å². The van der Waals surface area contributed by atoms with Gasteiger partial charge in [-0.2, -0.15) is 10.5 Å². The Kier molecular flexibility index (Phi) is 4.31. The number of aromatic nitrogens is 1. The highest BCUT2D eigenvalue weighted by Gasteiger charge is 2.26. The van der Waals surface area contributed by atoms with Crippen LogP contribution >= 0.6 is 0 Å². The number of benzene rings is 2. The Balaban J connectivity index is 1.72. The number of hydrogen-bond donors (Lipinski definition) is 1. The Morgan fingerprint density at radius 1 is 1.07 bits per heavy atom. The van der Waals surface area contributed by atoms with Crippen molar-refractivity contribution in [3.8, 4) is 12.1 Å². The highest BCUT2D eigenvalue weighted by atomic mass is 16.5. The van der Waals surface area contributed by atoms with Crippen LogP contribution in [0.15, 0.2) is 52.9 Å². The maximum atomic E-state index is 12.4. The van der Waals surface area contributed by atoms with Crippen molar-refractivity contribution in [2.24, 2.45) is 0 Å². The number of H-pyrrole nitrogens is 1. The van der Waals surface area contributed by atoms with E-state index >= 15 is 0 Å². The van der Waals surface area contributed by atoms with Gasteiger partial charge in [-0.15, -0.1) is 0 Å². The molecule has 4 aromatic rings. The van der Waals surface area contributed by atoms with Gasteiger partial charge in [-0.05, 0) is 47.9 Å². The molecule has 0 saturated carbocycles. The van der Waals surface area contributed by atoms with Gasteiger partial charge >= 0.3 is 5.97 Å². The van der Waals surface area contributed by atoms with E-state index in [9.17, 15) is 4.79 Å². The van der Waals surface area contributed by atoms with Gasteiger partial charge < -0.3 is 14.1 Å². The molecule has 0 aliphatic carbocycles. The van der Waals surface area contributed by atoms with Crippen molar-refractivity contribution in [1.82, 2.24) is 4.98 Å². The van der Waals surface area contributed by atoms with Gasteiger partial charge in [0.05, 0.1) is 30.4 Å². The molecule has 0 fully saturated rings. The van der Waals surface area contributed by atoms with Gasteiger partial charge in [0, 0.05) is 23.0 Å². The number of hydrogen-bond acceptors (Lipinski definition) is 5. The molecule has 28 heavy (non-hydrogen) atoms. The van der Waals surface area contributed by atoms with E-state index in [1.165, 1.54) is 7.11 Å². The van der Waals surface area contributed by atoms with Crippen LogP contribution in [0.3, 0.4) is 0 Å². The van der Waals surface area contributed by atoms with E-state index in [4.69, 9.17) is 19.7 Å². The first-order valence-corrected chi connectivity index (χ1v) is 8.64. The van der Waals surface area contributed by atoms with Crippen molar-refractivity contribution in [2.45, 2.75) is 12.3 Å². The van der Waals surface area contributed by atoms with Crippen LogP contribution in [-0.2, 0) is 16.0 Å². The van der Waals surface area contributed by atoms with E-state index in [0.29, 0.717) is 28.9 Å². The first kappa shape index (κ1) is 17.4. The number of methoxy groups -OCH3 is 1. The minimum absolute atomic E-state index is 0.355. The maximum Gasteiger partial charge on any atom is 0.316 e. The number of esters is 1. The van der Waals surface area contributed by atoms with Crippen LogP contribution < -0.4 is 0 Å². The third-order valence-electron chi connectivity index (χ3n) is 4.72. The van der Waals surface area contributed by atoms with Crippen LogP contribution in [0.2, 0.25) is 0 Å². The molecule has 136 valence electrons. The summed E-state index contributed by atoms with van der Waals surface area (Å²) >= 11 is 0. The van der Waals surface area contributed by atoms with Crippen LogP contribution in [0.4, 0.5) is 0 Å². The number of carbonyl (C=O) groups excluding carboxylic acids is 1. The van der Waals surface area contributed by atoms with Gasteiger partial charge in [-0.3, -0.25) is 4.79 Å². The van der Waals surface area contributed by atoms with Crippen LogP contribution in [-0.4, -0.2) is 18.1 Å². The van der Waals surface area contributed by atoms with Crippen LogP contribution in [0.1, 0.15) is 28.5 Å². The van der Waals surface area contributed by atoms with Crippen molar-refractivity contribution in [2.75, 3.05) is 7.11 Å². The normalized spacial score (nSPS) is 11.8. The second-order valence-electron chi connectivity index (χ2n) is 6.50. The minimum atomic E-state index is -0.633. The molecule has 2 heterocycles. The number of furan rings is 1. The monoisotopic (exact) mass is 369 g/mol. The molecular formula is C22H15N3O3. The van der Waals surface area contributed by atoms with Gasteiger partial charge in [0.1, 0.15) is 17.3 Å². The fraction of sp³-hybridized carbons (Fsp3) is 0.136. The first-order chi connectivity index (χ1) is 13.6. The number of nitrogens with zero attached hydrogens (tertiary/aromatic N) is 2. The molecule has 1 atom stereocenters. The van der Waals surface area contributed by atoms with Crippen LogP contribution in [0.25, 0.3) is 21.9 Å². The largest absolute Gasteiger partial charge is 0.468 e. The molecule has 6 nitrogen and oxygen atoms in total. The summed E-state index contributed by atoms with van der Waals surface area (Å²) in [5.74, 6) is -0.560. The molecule has 0 bridgehead atoms. The summed E-state index contributed by atoms with van der Waals surface area (Å²) in [6, 6.07) is 18.4. The predicted octanol–water partition coefficient (Wildman–Crippen LogP) is 4.16. The van der Waals surface area contributed by atoms with E-state index in [1.54, 1.807) is 36.4 Å². The fourth-order valence-corrected chi connectivity index (χ4v) is 3.33. The smallest absolute Gasteiger partial charge is 0.316 e. The second-order valence-corrected chi connectivity index (χ2v) is 6.50. The zero-order valence-electron chi connectivity index (χ0n) is 15.0. The van der Waals surface area contributed by atoms with Crippen molar-refractivity contribution >= 4 is 27.8 Å². The number of rotatable bonds is 4. The van der Waals surface area contributed by atoms with Crippen molar-refractivity contribution < 1.29 is 13.9 Å². The van der Waals surface area contributed by atoms with Crippen LogP contribution in [0.5, 0.6) is 0 Å². The third-order valence-corrected chi connectivity index (χ3v) is 4.72. The van der Waals surface area contributed by atoms with Gasteiger partial charge in [0.2, 0.25) is 0 Å². The highest BCUT2D eigenvalue weighted by Crippen LogP contribution is 2.30. The lowest BCUT2D eigenvalue weighted by Gasteiger charge is -2.11. The number of ether oxygens (including phenoxy) is 1. The summed E-state index contributed by atoms with van der Waals surface area (Å²) in [6.45, 7) is 0. The lowest BCUT2D eigenvalue weighted by molar-refractivity contribution is -0.142. The SMILES string of the molecule is COC(=O)C(Cc1cc2ccc(C#N)cc2[nH]1)c1cc2cc(C#N)ccc2o1. The highest BCUT2D eigenvalue weighted by molar-refractivity contribution is 5.85. The third kappa shape index (κ3) is 3.08. The molecular weight excluding hydrogens is 354 g/mol. The summed E-state index contributed by atoms with van der Waals surface area (Å²) in [4.78, 5) is 15.7. The van der Waals surface area contributed by atoms with E-state index in [0.717, 1.165) is 22.0 Å². The molecule has 2 aromatic carbocycles. The molecule has 1 N–H and O–H groups in total. The number of fused-ring (bicyclic) bond motifs is 2. The molecule has 0 spiro atoms. The fourth-order valence-electron chi connectivity index (χ4n) is 3.33. The van der Waals surface area contributed by atoms with Crippen molar-refractivity contribution in [3.63, 3.8) is 0 Å². The van der Waals surface area contributed by atoms with Gasteiger partial charge in [0.25, 0.3) is 0 Å². The Bertz CT molecular complexity index is 1280. The standard InChI is InChI=1S/C22H15N3O3/c1-27-22(26)18(21-9-16-6-13(11-23)3-5-20(16)28-21)10-17-8-15-4-2-14(12-24)7-19(15)25-17/h2-9,18,25H,10H2,1H3. The quantitative estimate of drug-likeness (QED) is 0.544. The topological polar surface area (TPSA) is 103 Å². The number of carbonyl (C=O) groups is 1. The summed E-state index contributed by atoms with van der Waals surface area (Å²) < 4.78 is 10.9. The summed E-state index contributed by atoms with van der Waals surface area (Å²) in [7, 11) is 1.34. The molecule has 2 aromatic heterocycles. The molecule has 0 radical (unpaired) electrons. The minimum Gasteiger partial charge on any atom is -0.468 e. The second kappa shape index (κ2) is 6.94. The average Bonchev–Trinajstić information content (AvgIpc) is 3.33. The predicted molar refractivity (Wildman–Crippen MR) is 102 cm³/mol. The summed E-state index contributed by atoms with van der Waals surface area (Å²) in [5.41, 5.74) is 3.37. The molecule has 0 saturated heterocycles. The zero-order valence-corrected chi connectivity index (χ0v) is 15.0. The number of aromatic amines is 1. The lowest BCUT2D eigenvalue weighted by atomic mass is 10.00. The molecule has 1 unspecified atom stereocenters. The van der Waals surface area contributed by atoms with Gasteiger partial charge in [-0.25, -0.2) is 0 Å². The lowest BCUT2D eigenvalue weighted by Crippen LogP contribution is -2.16. The van der Waals surface area contributed by atoms with Gasteiger partial charge in [0.15, 0.2) is 0 Å². The summed E-state index contributed by atoms with van der Waals surface area (Å²) in [6.07, 6.45) is 0.355. The van der Waals surface area contributed by atoms with Crippen LogP contribution in [0, 0.1) is 22.7 Å². The molecule has 4 rings (SSSR count). The van der Waals surface area contributed by atoms with E-state index < -0.39 is 11.9 Å².